The molecule has 0 bridgehead atoms. The van der Waals surface area contributed by atoms with Crippen LogP contribution in [0.4, 0.5) is 4.79 Å². The van der Waals surface area contributed by atoms with Gasteiger partial charge < -0.3 is 10.2 Å². The van der Waals surface area contributed by atoms with Crippen molar-refractivity contribution in [3.63, 3.8) is 0 Å². The molecule has 0 fully saturated rings. The fraction of sp³-hybridized carbons (Fsp3) is 0.267. The van der Waals surface area contributed by atoms with Crippen molar-refractivity contribution >= 4 is 38.9 Å². The van der Waals surface area contributed by atoms with E-state index in [4.69, 9.17) is 0 Å². The number of urea groups is 1. The first kappa shape index (κ1) is 15.9. The summed E-state index contributed by atoms with van der Waals surface area (Å²) in [5.41, 5.74) is 0.764. The highest BCUT2D eigenvalue weighted by molar-refractivity contribution is 9.11. The molecule has 0 radical (unpaired) electrons. The molecular weight excluding hydrogens is 378 g/mol. The Hall–Kier alpha value is -1.93. The number of amides is 2. The normalized spacial score (nSPS) is 12.3. The number of hydrogen-bond donors (Lipinski definition) is 1. The van der Waals surface area contributed by atoms with E-state index in [9.17, 15) is 4.79 Å². The number of rotatable bonds is 4. The number of nitrogens with zero attached hydrogens (tertiary/aromatic N) is 4. The maximum absolute atomic E-state index is 12.3. The number of pyridine rings is 1. The minimum absolute atomic E-state index is 0.144. The Balaban J connectivity index is 1.67. The summed E-state index contributed by atoms with van der Waals surface area (Å²) >= 11 is 5.05. The Bertz CT molecular complexity index is 830. The van der Waals surface area contributed by atoms with Gasteiger partial charge in [-0.2, -0.15) is 0 Å². The lowest BCUT2D eigenvalue weighted by molar-refractivity contribution is 0.203. The quantitative estimate of drug-likeness (QED) is 0.737. The molecule has 1 atom stereocenters. The highest BCUT2D eigenvalue weighted by Crippen LogP contribution is 2.23. The van der Waals surface area contributed by atoms with Gasteiger partial charge >= 0.3 is 6.03 Å². The summed E-state index contributed by atoms with van der Waals surface area (Å²) in [7, 11) is 1.78. The largest absolute Gasteiger partial charge is 0.328 e. The van der Waals surface area contributed by atoms with Crippen molar-refractivity contribution in [2.45, 2.75) is 19.5 Å². The summed E-state index contributed by atoms with van der Waals surface area (Å²) < 4.78 is 2.94. The average Bonchev–Trinajstić information content (AvgIpc) is 3.13. The number of aromatic nitrogens is 3. The van der Waals surface area contributed by atoms with E-state index in [-0.39, 0.29) is 12.1 Å². The van der Waals surface area contributed by atoms with Crippen LogP contribution in [-0.4, -0.2) is 32.6 Å². The van der Waals surface area contributed by atoms with Crippen molar-refractivity contribution in [2.75, 3.05) is 7.05 Å². The number of thiophene rings is 1. The molecule has 6 nitrogen and oxygen atoms in total. The summed E-state index contributed by atoms with van der Waals surface area (Å²) in [5, 5.41) is 11.2. The van der Waals surface area contributed by atoms with Crippen LogP contribution in [0.1, 0.15) is 23.7 Å². The lowest BCUT2D eigenvalue weighted by Gasteiger charge is -2.20. The maximum atomic E-state index is 12.3. The SMILES string of the molecule is CC(NC(=O)N(C)Cc1ccc(Br)s1)c1nnc2ccccn12. The number of nitrogens with one attached hydrogen (secondary N) is 1. The zero-order valence-corrected chi connectivity index (χ0v) is 15.1. The number of fused-ring (bicyclic) bond motifs is 1. The van der Waals surface area contributed by atoms with Gasteiger partial charge in [-0.25, -0.2) is 4.79 Å². The average molecular weight is 394 g/mol. The zero-order chi connectivity index (χ0) is 16.4. The van der Waals surface area contributed by atoms with Crippen LogP contribution < -0.4 is 5.32 Å². The van der Waals surface area contributed by atoms with E-state index in [0.29, 0.717) is 12.4 Å². The van der Waals surface area contributed by atoms with Gasteiger partial charge in [0.15, 0.2) is 11.5 Å². The second-order valence-corrected chi connectivity index (χ2v) is 7.77. The summed E-state index contributed by atoms with van der Waals surface area (Å²) in [6.45, 7) is 2.46. The Kier molecular flexibility index (Phi) is 4.63. The summed E-state index contributed by atoms with van der Waals surface area (Å²) in [6.07, 6.45) is 1.89. The van der Waals surface area contributed by atoms with Crippen molar-refractivity contribution in [3.05, 3.63) is 51.0 Å². The minimum Gasteiger partial charge on any atom is -0.328 e. The highest BCUT2D eigenvalue weighted by Gasteiger charge is 2.18. The van der Waals surface area contributed by atoms with Crippen molar-refractivity contribution in [1.29, 1.82) is 0 Å². The van der Waals surface area contributed by atoms with Gasteiger partial charge in [0, 0.05) is 18.1 Å². The molecule has 1 unspecified atom stereocenters. The van der Waals surface area contributed by atoms with E-state index < -0.39 is 0 Å². The van der Waals surface area contributed by atoms with Gasteiger partial charge in [-0.1, -0.05) is 6.07 Å². The molecule has 3 aromatic heterocycles. The van der Waals surface area contributed by atoms with Crippen molar-refractivity contribution < 1.29 is 4.79 Å². The molecule has 0 saturated carbocycles. The van der Waals surface area contributed by atoms with Crippen molar-refractivity contribution in [3.8, 4) is 0 Å². The molecule has 120 valence electrons. The molecule has 0 spiro atoms. The second-order valence-electron chi connectivity index (χ2n) is 5.22. The summed E-state index contributed by atoms with van der Waals surface area (Å²) in [5.74, 6) is 0.709. The lowest BCUT2D eigenvalue weighted by atomic mass is 10.3. The van der Waals surface area contributed by atoms with Crippen LogP contribution in [0.2, 0.25) is 0 Å². The maximum Gasteiger partial charge on any atom is 0.318 e. The second kappa shape index (κ2) is 6.67. The first-order chi connectivity index (χ1) is 11.0. The van der Waals surface area contributed by atoms with E-state index in [1.165, 1.54) is 0 Å². The Morgan fingerprint density at radius 3 is 2.96 bits per heavy atom. The lowest BCUT2D eigenvalue weighted by Crippen LogP contribution is -2.38. The smallest absolute Gasteiger partial charge is 0.318 e. The fourth-order valence-corrected chi connectivity index (χ4v) is 3.79. The molecule has 3 heterocycles. The van der Waals surface area contributed by atoms with Crippen molar-refractivity contribution in [1.82, 2.24) is 24.8 Å². The molecule has 0 aliphatic rings. The summed E-state index contributed by atoms with van der Waals surface area (Å²) in [4.78, 5) is 15.1. The topological polar surface area (TPSA) is 62.5 Å². The van der Waals surface area contributed by atoms with E-state index in [2.05, 4.69) is 31.4 Å². The van der Waals surface area contributed by atoms with E-state index >= 15 is 0 Å². The van der Waals surface area contributed by atoms with Gasteiger partial charge in [0.2, 0.25) is 0 Å². The number of carbonyl (C=O) groups is 1. The highest BCUT2D eigenvalue weighted by atomic mass is 79.9. The van der Waals surface area contributed by atoms with Gasteiger partial charge in [0.25, 0.3) is 0 Å². The molecule has 1 N–H and O–H groups in total. The van der Waals surface area contributed by atoms with Gasteiger partial charge in [0.05, 0.1) is 16.4 Å². The zero-order valence-electron chi connectivity index (χ0n) is 12.7. The third kappa shape index (κ3) is 3.53. The van der Waals surface area contributed by atoms with Crippen LogP contribution in [0.25, 0.3) is 5.65 Å². The minimum atomic E-state index is -0.238. The molecule has 2 amide bonds. The van der Waals surface area contributed by atoms with E-state index in [0.717, 1.165) is 14.3 Å². The molecule has 8 heteroatoms. The molecule has 0 saturated heterocycles. The molecule has 23 heavy (non-hydrogen) atoms. The van der Waals surface area contributed by atoms with Crippen LogP contribution in [0.3, 0.4) is 0 Å². The summed E-state index contributed by atoms with van der Waals surface area (Å²) in [6, 6.07) is 9.31. The predicted molar refractivity (Wildman–Crippen MR) is 93.4 cm³/mol. The van der Waals surface area contributed by atoms with Gasteiger partial charge in [-0.15, -0.1) is 21.5 Å². The van der Waals surface area contributed by atoms with Crippen molar-refractivity contribution in [2.24, 2.45) is 0 Å². The van der Waals surface area contributed by atoms with Gasteiger partial charge in [-0.3, -0.25) is 4.40 Å². The van der Waals surface area contributed by atoms with Crippen LogP contribution in [-0.2, 0) is 6.54 Å². The Labute approximate surface area is 146 Å². The van der Waals surface area contributed by atoms with E-state index in [1.807, 2.05) is 47.9 Å². The first-order valence-corrected chi connectivity index (χ1v) is 8.71. The fourth-order valence-electron chi connectivity index (χ4n) is 2.26. The number of halogens is 1. The number of hydrogen-bond acceptors (Lipinski definition) is 4. The molecule has 0 aromatic carbocycles. The number of carbonyl (C=O) groups excluding carboxylic acids is 1. The third-order valence-electron chi connectivity index (χ3n) is 3.44. The third-order valence-corrected chi connectivity index (χ3v) is 5.04. The predicted octanol–water partition coefficient (Wildman–Crippen LogP) is 3.46. The van der Waals surface area contributed by atoms with Crippen LogP contribution in [0.15, 0.2) is 40.3 Å². The van der Waals surface area contributed by atoms with Crippen LogP contribution >= 0.6 is 27.3 Å². The van der Waals surface area contributed by atoms with Crippen LogP contribution in [0.5, 0.6) is 0 Å². The molecule has 3 aromatic rings. The molecule has 3 rings (SSSR count). The Morgan fingerprint density at radius 2 is 2.22 bits per heavy atom. The van der Waals surface area contributed by atoms with Crippen LogP contribution in [0, 0.1) is 0 Å². The molecule has 0 aliphatic heterocycles. The van der Waals surface area contributed by atoms with E-state index in [1.54, 1.807) is 23.3 Å². The van der Waals surface area contributed by atoms with Gasteiger partial charge in [-0.05, 0) is 47.1 Å². The first-order valence-electron chi connectivity index (χ1n) is 7.10. The standard InChI is InChI=1S/C15H16BrN5OS/c1-10(14-19-18-13-5-3-4-8-21(13)14)17-15(22)20(2)9-11-6-7-12(16)23-11/h3-8,10H,9H2,1-2H3,(H,17,22). The molecule has 0 aliphatic carbocycles. The van der Waals surface area contributed by atoms with Gasteiger partial charge in [0.1, 0.15) is 0 Å². The monoisotopic (exact) mass is 393 g/mol. The molecular formula is C15H16BrN5OS. The Morgan fingerprint density at radius 1 is 1.39 bits per heavy atom.